The molecule has 0 heterocycles. The molecular formula is C25H34FN3O6S. The lowest BCUT2D eigenvalue weighted by Gasteiger charge is -2.32. The van der Waals surface area contributed by atoms with Crippen LogP contribution in [0, 0.1) is 5.82 Å². The van der Waals surface area contributed by atoms with Gasteiger partial charge in [0.2, 0.25) is 21.8 Å². The summed E-state index contributed by atoms with van der Waals surface area (Å²) >= 11 is 0. The number of benzene rings is 2. The first kappa shape index (κ1) is 28.9. The number of rotatable bonds is 13. The van der Waals surface area contributed by atoms with Gasteiger partial charge < -0.3 is 19.7 Å². The van der Waals surface area contributed by atoms with Crippen molar-refractivity contribution in [3.8, 4) is 11.5 Å². The average Bonchev–Trinajstić information content (AvgIpc) is 2.85. The first-order valence-electron chi connectivity index (χ1n) is 11.5. The van der Waals surface area contributed by atoms with Crippen LogP contribution < -0.4 is 19.1 Å². The number of carbonyl (C=O) groups excluding carboxylic acids is 2. The summed E-state index contributed by atoms with van der Waals surface area (Å²) < 4.78 is 50.4. The van der Waals surface area contributed by atoms with Crippen LogP contribution in [-0.4, -0.2) is 64.7 Å². The Balaban J connectivity index is 2.43. The third-order valence-electron chi connectivity index (χ3n) is 5.60. The van der Waals surface area contributed by atoms with Gasteiger partial charge in [-0.05, 0) is 43.2 Å². The molecule has 0 saturated carbocycles. The minimum absolute atomic E-state index is 0.0195. The van der Waals surface area contributed by atoms with E-state index in [1.807, 2.05) is 6.92 Å². The van der Waals surface area contributed by atoms with Gasteiger partial charge in [-0.1, -0.05) is 25.5 Å². The zero-order chi connectivity index (χ0) is 26.9. The number of halogens is 1. The Labute approximate surface area is 212 Å². The summed E-state index contributed by atoms with van der Waals surface area (Å²) in [5.41, 5.74) is 0.706. The van der Waals surface area contributed by atoms with E-state index >= 15 is 0 Å². The Morgan fingerprint density at radius 2 is 1.75 bits per heavy atom. The highest BCUT2D eigenvalue weighted by Crippen LogP contribution is 2.34. The minimum atomic E-state index is -3.95. The average molecular weight is 524 g/mol. The number of hydrogen-bond donors (Lipinski definition) is 1. The number of hydrogen-bond acceptors (Lipinski definition) is 6. The van der Waals surface area contributed by atoms with Crippen molar-refractivity contribution in [1.29, 1.82) is 0 Å². The van der Waals surface area contributed by atoms with Crippen molar-refractivity contribution in [2.45, 2.75) is 39.3 Å². The molecule has 1 N–H and O–H groups in total. The van der Waals surface area contributed by atoms with Crippen LogP contribution in [0.5, 0.6) is 11.5 Å². The van der Waals surface area contributed by atoms with Gasteiger partial charge in [-0.25, -0.2) is 12.8 Å². The molecule has 0 unspecified atom stereocenters. The molecule has 0 fully saturated rings. The van der Waals surface area contributed by atoms with Gasteiger partial charge in [0.1, 0.15) is 29.9 Å². The maximum atomic E-state index is 13.6. The van der Waals surface area contributed by atoms with Crippen molar-refractivity contribution in [3.05, 3.63) is 53.8 Å². The van der Waals surface area contributed by atoms with Crippen molar-refractivity contribution < 1.29 is 31.9 Å². The molecule has 36 heavy (non-hydrogen) atoms. The molecule has 0 radical (unpaired) electrons. The standard InChI is InChI=1S/C25H34FN3O6S/c1-6-7-14-27-25(31)18(2)28(16-19-8-10-20(26)11-9-19)24(30)17-29(36(5,32)33)22-15-21(34-3)12-13-23(22)35-4/h8-13,15,18H,6-7,14,16-17H2,1-5H3,(H,27,31)/t18-/m0/s1. The fourth-order valence-corrected chi connectivity index (χ4v) is 4.34. The Hall–Kier alpha value is -3.34. The molecule has 9 nitrogen and oxygen atoms in total. The molecule has 0 saturated heterocycles. The highest BCUT2D eigenvalue weighted by molar-refractivity contribution is 7.92. The third-order valence-corrected chi connectivity index (χ3v) is 6.72. The highest BCUT2D eigenvalue weighted by atomic mass is 32.2. The van der Waals surface area contributed by atoms with E-state index in [0.29, 0.717) is 17.9 Å². The van der Waals surface area contributed by atoms with Gasteiger partial charge >= 0.3 is 0 Å². The lowest BCUT2D eigenvalue weighted by Crippen LogP contribution is -2.51. The molecule has 198 valence electrons. The van der Waals surface area contributed by atoms with Crippen LogP contribution in [0.3, 0.4) is 0 Å². The quantitative estimate of drug-likeness (QED) is 0.405. The number of carbonyl (C=O) groups is 2. The van der Waals surface area contributed by atoms with Crippen molar-refractivity contribution in [1.82, 2.24) is 10.2 Å². The number of sulfonamides is 1. The van der Waals surface area contributed by atoms with Crippen LogP contribution in [0.15, 0.2) is 42.5 Å². The predicted molar refractivity (Wildman–Crippen MR) is 136 cm³/mol. The second-order valence-electron chi connectivity index (χ2n) is 8.28. The third kappa shape index (κ3) is 7.84. The van der Waals surface area contributed by atoms with Crippen molar-refractivity contribution in [3.63, 3.8) is 0 Å². The summed E-state index contributed by atoms with van der Waals surface area (Å²) in [5.74, 6) is -0.824. The fraction of sp³-hybridized carbons (Fsp3) is 0.440. The Morgan fingerprint density at radius 3 is 2.31 bits per heavy atom. The van der Waals surface area contributed by atoms with Gasteiger partial charge in [0.15, 0.2) is 0 Å². The maximum absolute atomic E-state index is 13.6. The Kier molecular flexibility index (Phi) is 10.5. The number of methoxy groups -OCH3 is 2. The lowest BCUT2D eigenvalue weighted by molar-refractivity contribution is -0.139. The Bertz CT molecular complexity index is 1140. The summed E-state index contributed by atoms with van der Waals surface area (Å²) in [6.07, 6.45) is 2.64. The van der Waals surface area contributed by atoms with Gasteiger partial charge in [-0.2, -0.15) is 0 Å². The molecule has 2 aromatic carbocycles. The first-order valence-corrected chi connectivity index (χ1v) is 13.4. The van der Waals surface area contributed by atoms with Crippen LogP contribution in [-0.2, 0) is 26.2 Å². The fourth-order valence-electron chi connectivity index (χ4n) is 3.49. The smallest absolute Gasteiger partial charge is 0.244 e. The van der Waals surface area contributed by atoms with Crippen molar-refractivity contribution >= 4 is 27.5 Å². The second kappa shape index (κ2) is 13.1. The van der Waals surface area contributed by atoms with E-state index in [-0.39, 0.29) is 23.9 Å². The number of unbranched alkanes of at least 4 members (excludes halogenated alkanes) is 1. The van der Waals surface area contributed by atoms with Crippen LogP contribution in [0.1, 0.15) is 32.3 Å². The van der Waals surface area contributed by atoms with Gasteiger partial charge in [-0.15, -0.1) is 0 Å². The number of nitrogens with one attached hydrogen (secondary N) is 1. The number of amides is 2. The number of nitrogens with zero attached hydrogens (tertiary/aromatic N) is 2. The summed E-state index contributed by atoms with van der Waals surface area (Å²) in [7, 11) is -1.12. The van der Waals surface area contributed by atoms with Crippen LogP contribution in [0.25, 0.3) is 0 Å². The molecule has 0 spiro atoms. The molecule has 0 aromatic heterocycles. The monoisotopic (exact) mass is 523 g/mol. The van der Waals surface area contributed by atoms with E-state index in [0.717, 1.165) is 23.4 Å². The molecule has 2 amide bonds. The zero-order valence-electron chi connectivity index (χ0n) is 21.3. The number of ether oxygens (including phenoxy) is 2. The highest BCUT2D eigenvalue weighted by Gasteiger charge is 2.31. The van der Waals surface area contributed by atoms with E-state index in [9.17, 15) is 22.4 Å². The normalized spacial score (nSPS) is 11.9. The van der Waals surface area contributed by atoms with E-state index < -0.39 is 34.3 Å². The summed E-state index contributed by atoms with van der Waals surface area (Å²) in [6.45, 7) is 3.41. The summed E-state index contributed by atoms with van der Waals surface area (Å²) in [6, 6.07) is 9.23. The predicted octanol–water partition coefficient (Wildman–Crippen LogP) is 2.94. The molecule has 0 aliphatic heterocycles. The SMILES string of the molecule is CCCCNC(=O)[C@H](C)N(Cc1ccc(F)cc1)C(=O)CN(c1cc(OC)ccc1OC)S(C)(=O)=O. The molecule has 0 bridgehead atoms. The summed E-state index contributed by atoms with van der Waals surface area (Å²) in [5, 5.41) is 2.80. The zero-order valence-corrected chi connectivity index (χ0v) is 22.1. The van der Waals surface area contributed by atoms with Gasteiger partial charge in [0.25, 0.3) is 0 Å². The topological polar surface area (TPSA) is 105 Å². The maximum Gasteiger partial charge on any atom is 0.244 e. The second-order valence-corrected chi connectivity index (χ2v) is 10.2. The van der Waals surface area contributed by atoms with Crippen LogP contribution in [0.4, 0.5) is 10.1 Å². The van der Waals surface area contributed by atoms with Gasteiger partial charge in [0, 0.05) is 19.2 Å². The molecule has 0 aliphatic rings. The minimum Gasteiger partial charge on any atom is -0.497 e. The molecule has 11 heteroatoms. The molecule has 2 aromatic rings. The Morgan fingerprint density at radius 1 is 1.08 bits per heavy atom. The van der Waals surface area contributed by atoms with Crippen molar-refractivity contribution in [2.24, 2.45) is 0 Å². The first-order chi connectivity index (χ1) is 17.0. The summed E-state index contributed by atoms with van der Waals surface area (Å²) in [4.78, 5) is 27.7. The lowest BCUT2D eigenvalue weighted by atomic mass is 10.1. The molecular weight excluding hydrogens is 489 g/mol. The van der Waals surface area contributed by atoms with E-state index in [4.69, 9.17) is 9.47 Å². The molecule has 0 aliphatic carbocycles. The van der Waals surface area contributed by atoms with E-state index in [1.165, 1.54) is 55.5 Å². The number of anilines is 1. The molecule has 1 atom stereocenters. The van der Waals surface area contributed by atoms with Gasteiger partial charge in [0.05, 0.1) is 26.2 Å². The van der Waals surface area contributed by atoms with Crippen molar-refractivity contribution in [2.75, 3.05) is 37.9 Å². The van der Waals surface area contributed by atoms with Gasteiger partial charge in [-0.3, -0.25) is 13.9 Å². The van der Waals surface area contributed by atoms with Crippen LogP contribution >= 0.6 is 0 Å². The van der Waals surface area contributed by atoms with E-state index in [1.54, 1.807) is 13.0 Å². The largest absolute Gasteiger partial charge is 0.497 e. The van der Waals surface area contributed by atoms with E-state index in [2.05, 4.69) is 5.32 Å². The molecule has 2 rings (SSSR count). The van der Waals surface area contributed by atoms with Crippen LogP contribution in [0.2, 0.25) is 0 Å².